The monoisotopic (exact) mass is 367 g/mol. The molecule has 0 aliphatic heterocycles. The molecule has 0 aliphatic carbocycles. The molecule has 3 heteroatoms. The highest BCUT2D eigenvalue weighted by Crippen LogP contribution is 2.34. The average Bonchev–Trinajstić information content (AvgIpc) is 3.19. The molecule has 0 radical (unpaired) electrons. The van der Waals surface area contributed by atoms with Crippen LogP contribution >= 0.6 is 0 Å². The van der Waals surface area contributed by atoms with Crippen LogP contribution in [-0.2, 0) is 0 Å². The smallest absolute Gasteiger partial charge is 0.149 e. The van der Waals surface area contributed by atoms with E-state index in [9.17, 15) is 0 Å². The number of benzene rings is 3. The van der Waals surface area contributed by atoms with Gasteiger partial charge in [0.2, 0.25) is 0 Å². The topological polar surface area (TPSA) is 41.0 Å². The summed E-state index contributed by atoms with van der Waals surface area (Å²) in [6.45, 7) is 4.34. The lowest BCUT2D eigenvalue weighted by Gasteiger charge is -2.07. The minimum absolute atomic E-state index is 0.343. The lowest BCUT2D eigenvalue weighted by atomic mass is 9.98. The molecule has 3 nitrogen and oxygen atoms in total. The van der Waals surface area contributed by atoms with Crippen LogP contribution in [0.4, 0.5) is 0 Å². The molecule has 1 aromatic heterocycles. The summed E-state index contributed by atoms with van der Waals surface area (Å²) in [4.78, 5) is 13.1. The Morgan fingerprint density at radius 2 is 1.39 bits per heavy atom. The van der Waals surface area contributed by atoms with E-state index in [0.717, 1.165) is 40.8 Å². The van der Waals surface area contributed by atoms with Gasteiger partial charge in [0.1, 0.15) is 5.82 Å². The fraction of sp³-hybridized carbons (Fsp3) is 0.200. The first-order valence-corrected chi connectivity index (χ1v) is 9.97. The number of aromatic nitrogens is 2. The number of aromatic amines is 1. The fourth-order valence-corrected chi connectivity index (χ4v) is 3.56. The molecule has 140 valence electrons. The second kappa shape index (κ2) is 8.22. The number of imidazole rings is 1. The maximum absolute atomic E-state index is 4.91. The molecule has 4 rings (SSSR count). The van der Waals surface area contributed by atoms with Crippen LogP contribution in [0.2, 0.25) is 0 Å². The first-order chi connectivity index (χ1) is 13.8. The van der Waals surface area contributed by atoms with Gasteiger partial charge in [0, 0.05) is 17.2 Å². The predicted molar refractivity (Wildman–Crippen MR) is 119 cm³/mol. The van der Waals surface area contributed by atoms with Gasteiger partial charge in [-0.2, -0.15) is 0 Å². The SMILES string of the molecule is CCC(CC)N=Cc1nc2c(-c3ccccc3)ccc(-c3ccccc3)c2[nH]1. The summed E-state index contributed by atoms with van der Waals surface area (Å²) in [6.07, 6.45) is 3.97. The van der Waals surface area contributed by atoms with Crippen LogP contribution < -0.4 is 0 Å². The van der Waals surface area contributed by atoms with Gasteiger partial charge in [-0.1, -0.05) is 86.6 Å². The third-order valence-electron chi connectivity index (χ3n) is 5.18. The molecule has 3 aromatic carbocycles. The van der Waals surface area contributed by atoms with Gasteiger partial charge in [-0.15, -0.1) is 0 Å². The van der Waals surface area contributed by atoms with Crippen molar-refractivity contribution in [2.75, 3.05) is 0 Å². The second-order valence-electron chi connectivity index (χ2n) is 6.99. The van der Waals surface area contributed by atoms with Crippen molar-refractivity contribution in [1.29, 1.82) is 0 Å². The first kappa shape index (κ1) is 18.2. The minimum atomic E-state index is 0.343. The van der Waals surface area contributed by atoms with E-state index < -0.39 is 0 Å². The maximum Gasteiger partial charge on any atom is 0.149 e. The average molecular weight is 367 g/mol. The molecule has 0 aliphatic rings. The summed E-state index contributed by atoms with van der Waals surface area (Å²) in [5.41, 5.74) is 6.68. The van der Waals surface area contributed by atoms with Gasteiger partial charge >= 0.3 is 0 Å². The van der Waals surface area contributed by atoms with E-state index in [1.54, 1.807) is 0 Å². The standard InChI is InChI=1S/C25H25N3/c1-3-20(4-2)26-17-23-27-24-21(18-11-7-5-8-12-18)15-16-22(25(24)28-23)19-13-9-6-10-14-19/h5-17,20H,3-4H2,1-2H3,(H,27,28). The highest BCUT2D eigenvalue weighted by atomic mass is 14.9. The Morgan fingerprint density at radius 3 is 2.00 bits per heavy atom. The van der Waals surface area contributed by atoms with Gasteiger partial charge in [-0.05, 0) is 24.0 Å². The van der Waals surface area contributed by atoms with Crippen molar-refractivity contribution in [3.05, 3.63) is 78.6 Å². The van der Waals surface area contributed by atoms with E-state index in [-0.39, 0.29) is 0 Å². The summed E-state index contributed by atoms with van der Waals surface area (Å²) in [7, 11) is 0. The summed E-state index contributed by atoms with van der Waals surface area (Å²) < 4.78 is 0. The molecule has 4 aromatic rings. The summed E-state index contributed by atoms with van der Waals surface area (Å²) in [5, 5.41) is 0. The predicted octanol–water partition coefficient (Wildman–Crippen LogP) is 6.50. The molecular weight excluding hydrogens is 342 g/mol. The van der Waals surface area contributed by atoms with Crippen molar-refractivity contribution in [3.63, 3.8) is 0 Å². The van der Waals surface area contributed by atoms with E-state index >= 15 is 0 Å². The molecule has 0 saturated carbocycles. The van der Waals surface area contributed by atoms with Crippen molar-refractivity contribution in [3.8, 4) is 22.3 Å². The molecule has 1 heterocycles. The maximum atomic E-state index is 4.91. The van der Waals surface area contributed by atoms with Gasteiger partial charge in [-0.3, -0.25) is 4.99 Å². The second-order valence-corrected chi connectivity index (χ2v) is 6.99. The molecule has 1 N–H and O–H groups in total. The number of hydrogen-bond donors (Lipinski definition) is 1. The van der Waals surface area contributed by atoms with E-state index in [1.807, 2.05) is 18.3 Å². The number of aliphatic imine (C=N–C) groups is 1. The number of nitrogens with one attached hydrogen (secondary N) is 1. The van der Waals surface area contributed by atoms with Gasteiger partial charge in [0.25, 0.3) is 0 Å². The Bertz CT molecular complexity index is 998. The number of rotatable bonds is 6. The van der Waals surface area contributed by atoms with Crippen molar-refractivity contribution < 1.29 is 0 Å². The summed E-state index contributed by atoms with van der Waals surface area (Å²) in [6, 6.07) is 25.6. The molecule has 28 heavy (non-hydrogen) atoms. The van der Waals surface area contributed by atoms with Crippen molar-refractivity contribution in [1.82, 2.24) is 9.97 Å². The molecule has 0 fully saturated rings. The molecular formula is C25H25N3. The molecule has 0 amide bonds. The molecule has 0 atom stereocenters. The number of H-pyrrole nitrogens is 1. The normalized spacial score (nSPS) is 11.7. The zero-order valence-corrected chi connectivity index (χ0v) is 16.4. The quantitative estimate of drug-likeness (QED) is 0.388. The third kappa shape index (κ3) is 3.61. The van der Waals surface area contributed by atoms with Crippen LogP contribution in [0.15, 0.2) is 77.8 Å². The molecule has 0 unspecified atom stereocenters. The van der Waals surface area contributed by atoms with Crippen molar-refractivity contribution in [2.45, 2.75) is 32.7 Å². The van der Waals surface area contributed by atoms with E-state index in [4.69, 9.17) is 9.98 Å². The van der Waals surface area contributed by atoms with Gasteiger partial charge in [0.15, 0.2) is 0 Å². The highest BCUT2D eigenvalue weighted by Gasteiger charge is 2.13. The van der Waals surface area contributed by atoms with Crippen LogP contribution in [0.3, 0.4) is 0 Å². The van der Waals surface area contributed by atoms with E-state index in [1.165, 1.54) is 11.1 Å². The fourth-order valence-electron chi connectivity index (χ4n) is 3.56. The Balaban J connectivity index is 1.88. The molecule has 0 saturated heterocycles. The van der Waals surface area contributed by atoms with E-state index in [0.29, 0.717) is 6.04 Å². The van der Waals surface area contributed by atoms with Gasteiger partial charge in [0.05, 0.1) is 17.2 Å². The molecule has 0 spiro atoms. The Hall–Kier alpha value is -3.20. The highest BCUT2D eigenvalue weighted by molar-refractivity contribution is 6.02. The van der Waals surface area contributed by atoms with E-state index in [2.05, 4.69) is 79.5 Å². The van der Waals surface area contributed by atoms with Crippen LogP contribution in [0.5, 0.6) is 0 Å². The van der Waals surface area contributed by atoms with Gasteiger partial charge < -0.3 is 4.98 Å². The lowest BCUT2D eigenvalue weighted by molar-refractivity contribution is 0.634. The van der Waals surface area contributed by atoms with Crippen LogP contribution in [0, 0.1) is 0 Å². The zero-order chi connectivity index (χ0) is 19.3. The number of hydrogen-bond acceptors (Lipinski definition) is 2. The summed E-state index contributed by atoms with van der Waals surface area (Å²) in [5.74, 6) is 0.808. The minimum Gasteiger partial charge on any atom is -0.337 e. The Kier molecular flexibility index (Phi) is 5.34. The van der Waals surface area contributed by atoms with Gasteiger partial charge in [-0.25, -0.2) is 4.98 Å². The number of nitrogens with zero attached hydrogens (tertiary/aromatic N) is 2. The Labute approximate surface area is 166 Å². The number of fused-ring (bicyclic) bond motifs is 1. The lowest BCUT2D eigenvalue weighted by Crippen LogP contribution is -2.00. The van der Waals surface area contributed by atoms with Crippen molar-refractivity contribution >= 4 is 17.2 Å². The zero-order valence-electron chi connectivity index (χ0n) is 16.4. The largest absolute Gasteiger partial charge is 0.337 e. The van der Waals surface area contributed by atoms with Crippen LogP contribution in [0.1, 0.15) is 32.5 Å². The van der Waals surface area contributed by atoms with Crippen LogP contribution in [-0.4, -0.2) is 22.2 Å². The summed E-state index contributed by atoms with van der Waals surface area (Å²) >= 11 is 0. The van der Waals surface area contributed by atoms with Crippen LogP contribution in [0.25, 0.3) is 33.3 Å². The van der Waals surface area contributed by atoms with Crippen molar-refractivity contribution in [2.24, 2.45) is 4.99 Å². The first-order valence-electron chi connectivity index (χ1n) is 9.97. The Morgan fingerprint density at radius 1 is 0.821 bits per heavy atom. The third-order valence-corrected chi connectivity index (χ3v) is 5.18. The molecule has 0 bridgehead atoms.